The van der Waals surface area contributed by atoms with E-state index in [1.807, 2.05) is 11.0 Å². The Hall–Kier alpha value is -2.00. The van der Waals surface area contributed by atoms with Gasteiger partial charge in [0.2, 0.25) is 10.0 Å². The Kier molecular flexibility index (Phi) is 7.69. The van der Waals surface area contributed by atoms with Gasteiger partial charge in [0.15, 0.2) is 0 Å². The molecule has 3 rings (SSSR count). The Morgan fingerprint density at radius 2 is 1.97 bits per heavy atom. The van der Waals surface area contributed by atoms with Gasteiger partial charge in [0.25, 0.3) is 5.69 Å². The Labute approximate surface area is 198 Å². The maximum absolute atomic E-state index is 13.7. The molecule has 11 heteroatoms. The molecule has 164 valence electrons. The number of pyridine rings is 1. The molecule has 31 heavy (non-hydrogen) atoms. The summed E-state index contributed by atoms with van der Waals surface area (Å²) in [6.07, 6.45) is 9.53. The molecule has 0 atom stereocenters. The van der Waals surface area contributed by atoms with Crippen molar-refractivity contribution in [3.63, 3.8) is 0 Å². The number of hydrogen-bond donors (Lipinski definition) is 0. The fourth-order valence-electron chi connectivity index (χ4n) is 3.57. The number of non-ortho nitro benzene ring substituents is 1. The van der Waals surface area contributed by atoms with Gasteiger partial charge in [-0.1, -0.05) is 37.8 Å². The lowest BCUT2D eigenvalue weighted by Gasteiger charge is -2.31. The van der Waals surface area contributed by atoms with Crippen LogP contribution in [0.5, 0.6) is 0 Å². The van der Waals surface area contributed by atoms with Crippen LogP contribution in [0.1, 0.15) is 16.7 Å². The summed E-state index contributed by atoms with van der Waals surface area (Å²) in [6, 6.07) is 4.24. The number of fused-ring (bicyclic) bond motifs is 1. The van der Waals surface area contributed by atoms with Gasteiger partial charge in [-0.2, -0.15) is 4.31 Å². The van der Waals surface area contributed by atoms with Crippen LogP contribution >= 0.6 is 31.9 Å². The van der Waals surface area contributed by atoms with E-state index < -0.39 is 14.9 Å². The maximum atomic E-state index is 13.7. The highest BCUT2D eigenvalue weighted by molar-refractivity contribution is 9.09. The highest BCUT2D eigenvalue weighted by Gasteiger charge is 2.34. The van der Waals surface area contributed by atoms with Crippen LogP contribution in [0, 0.1) is 22.5 Å². The summed E-state index contributed by atoms with van der Waals surface area (Å²) in [5.74, 6) is 2.45. The number of nitro benzene ring substituents is 1. The van der Waals surface area contributed by atoms with Crippen LogP contribution in [0.3, 0.4) is 0 Å². The van der Waals surface area contributed by atoms with Gasteiger partial charge in [-0.15, -0.1) is 6.42 Å². The van der Waals surface area contributed by atoms with Crippen LogP contribution in [0.4, 0.5) is 11.4 Å². The standard InChI is InChI=1S/C20H20Br2N4O4S/c1-2-15-11-18(26(27)28)12-19(20(15)24(9-5-21)10-6-22)31(29,30)25-8-4-16-3-7-23-13-17(16)14-25/h1,3,7,11-13H,4-6,8-10,14H2. The minimum atomic E-state index is -4.07. The highest BCUT2D eigenvalue weighted by atomic mass is 79.9. The summed E-state index contributed by atoms with van der Waals surface area (Å²) in [7, 11) is -4.07. The fraction of sp³-hybridized carbons (Fsp3) is 0.350. The first-order valence-corrected chi connectivity index (χ1v) is 13.1. The molecular weight excluding hydrogens is 552 g/mol. The average Bonchev–Trinajstić information content (AvgIpc) is 2.77. The highest BCUT2D eigenvalue weighted by Crippen LogP contribution is 2.36. The third kappa shape index (κ3) is 4.92. The molecule has 0 unspecified atom stereocenters. The Balaban J connectivity index is 2.18. The van der Waals surface area contributed by atoms with Crippen molar-refractivity contribution >= 4 is 53.3 Å². The molecule has 0 N–H and O–H groups in total. The van der Waals surface area contributed by atoms with Crippen molar-refractivity contribution < 1.29 is 13.3 Å². The van der Waals surface area contributed by atoms with E-state index in [1.165, 1.54) is 10.4 Å². The van der Waals surface area contributed by atoms with E-state index in [0.717, 1.165) is 17.2 Å². The van der Waals surface area contributed by atoms with E-state index in [2.05, 4.69) is 42.8 Å². The number of nitro groups is 1. The van der Waals surface area contributed by atoms with E-state index in [1.54, 1.807) is 12.4 Å². The van der Waals surface area contributed by atoms with Crippen molar-refractivity contribution in [2.45, 2.75) is 17.9 Å². The van der Waals surface area contributed by atoms with Crippen LogP contribution in [0.2, 0.25) is 0 Å². The number of hydrogen-bond acceptors (Lipinski definition) is 6. The second-order valence-corrected chi connectivity index (χ2v) is 10.3. The van der Waals surface area contributed by atoms with Gasteiger partial charge in [-0.25, -0.2) is 8.42 Å². The van der Waals surface area contributed by atoms with E-state index in [0.29, 0.717) is 35.9 Å². The fourth-order valence-corrected chi connectivity index (χ4v) is 6.10. The van der Waals surface area contributed by atoms with Crippen LogP contribution < -0.4 is 4.90 Å². The molecule has 0 amide bonds. The number of anilines is 1. The van der Waals surface area contributed by atoms with Crippen molar-refractivity contribution in [1.29, 1.82) is 0 Å². The van der Waals surface area contributed by atoms with Gasteiger partial charge >= 0.3 is 0 Å². The maximum Gasteiger partial charge on any atom is 0.272 e. The van der Waals surface area contributed by atoms with Crippen molar-refractivity contribution in [2.24, 2.45) is 0 Å². The third-order valence-electron chi connectivity index (χ3n) is 5.05. The van der Waals surface area contributed by atoms with E-state index in [-0.39, 0.29) is 29.2 Å². The summed E-state index contributed by atoms with van der Waals surface area (Å²) in [5.41, 5.74) is 1.99. The molecule has 1 aromatic carbocycles. The van der Waals surface area contributed by atoms with Gasteiger partial charge < -0.3 is 4.90 Å². The zero-order valence-corrected chi connectivity index (χ0v) is 20.5. The smallest absolute Gasteiger partial charge is 0.272 e. The minimum Gasteiger partial charge on any atom is -0.368 e. The Morgan fingerprint density at radius 3 is 2.58 bits per heavy atom. The number of aromatic nitrogens is 1. The van der Waals surface area contributed by atoms with E-state index in [4.69, 9.17) is 6.42 Å². The number of alkyl halides is 2. The number of benzene rings is 1. The lowest BCUT2D eigenvalue weighted by Crippen LogP contribution is -2.38. The van der Waals surface area contributed by atoms with E-state index in [9.17, 15) is 18.5 Å². The van der Waals surface area contributed by atoms with Crippen molar-refractivity contribution in [2.75, 3.05) is 35.2 Å². The summed E-state index contributed by atoms with van der Waals surface area (Å²) >= 11 is 6.77. The van der Waals surface area contributed by atoms with Crippen molar-refractivity contribution in [3.05, 3.63) is 57.4 Å². The quantitative estimate of drug-likeness (QED) is 0.209. The van der Waals surface area contributed by atoms with Crippen molar-refractivity contribution in [1.82, 2.24) is 9.29 Å². The summed E-state index contributed by atoms with van der Waals surface area (Å²) in [5, 5.41) is 12.7. The van der Waals surface area contributed by atoms with Crippen LogP contribution in [0.25, 0.3) is 0 Å². The molecule has 8 nitrogen and oxygen atoms in total. The van der Waals surface area contributed by atoms with Crippen LogP contribution in [-0.4, -0.2) is 52.9 Å². The Bertz CT molecular complexity index is 1130. The molecule has 0 spiro atoms. The lowest BCUT2D eigenvalue weighted by atomic mass is 10.0. The first kappa shape index (κ1) is 23.7. The summed E-state index contributed by atoms with van der Waals surface area (Å²) in [4.78, 5) is 16.7. The SMILES string of the molecule is C#Cc1cc([N+](=O)[O-])cc(S(=O)(=O)N2CCc3ccncc3C2)c1N(CCBr)CCBr. The largest absolute Gasteiger partial charge is 0.368 e. The predicted molar refractivity (Wildman–Crippen MR) is 126 cm³/mol. The number of rotatable bonds is 8. The van der Waals surface area contributed by atoms with Crippen LogP contribution in [0.15, 0.2) is 35.5 Å². The number of sulfonamides is 1. The second kappa shape index (κ2) is 10.1. The van der Waals surface area contributed by atoms with Gasteiger partial charge in [0, 0.05) is 61.4 Å². The number of nitrogens with zero attached hydrogens (tertiary/aromatic N) is 4. The topological polar surface area (TPSA) is 96.6 Å². The molecule has 0 fully saturated rings. The Morgan fingerprint density at radius 1 is 1.26 bits per heavy atom. The third-order valence-corrected chi connectivity index (χ3v) is 7.62. The zero-order valence-electron chi connectivity index (χ0n) is 16.5. The molecule has 1 aromatic heterocycles. The molecule has 1 aliphatic rings. The zero-order chi connectivity index (χ0) is 22.6. The lowest BCUT2D eigenvalue weighted by molar-refractivity contribution is -0.385. The van der Waals surface area contributed by atoms with Crippen molar-refractivity contribution in [3.8, 4) is 12.3 Å². The molecule has 0 saturated carbocycles. The molecule has 0 saturated heterocycles. The summed E-state index contributed by atoms with van der Waals surface area (Å²) in [6.45, 7) is 1.38. The monoisotopic (exact) mass is 570 g/mol. The molecular formula is C20H20Br2N4O4S. The first-order chi connectivity index (χ1) is 14.8. The van der Waals surface area contributed by atoms with Gasteiger partial charge in [-0.3, -0.25) is 15.1 Å². The van der Waals surface area contributed by atoms with Gasteiger partial charge in [-0.05, 0) is 23.6 Å². The molecule has 0 radical (unpaired) electrons. The van der Waals surface area contributed by atoms with Gasteiger partial charge in [0.1, 0.15) is 4.90 Å². The second-order valence-electron chi connectivity index (χ2n) is 6.84. The molecule has 0 aliphatic carbocycles. The normalized spacial score (nSPS) is 14.0. The van der Waals surface area contributed by atoms with E-state index >= 15 is 0 Å². The molecule has 2 aromatic rings. The van der Waals surface area contributed by atoms with Gasteiger partial charge in [0.05, 0.1) is 16.2 Å². The molecule has 2 heterocycles. The molecule has 1 aliphatic heterocycles. The minimum absolute atomic E-state index is 0.149. The number of halogens is 2. The van der Waals surface area contributed by atoms with Crippen LogP contribution in [-0.2, 0) is 23.0 Å². The molecule has 0 bridgehead atoms. The number of terminal acetylenes is 1. The first-order valence-electron chi connectivity index (χ1n) is 9.41. The predicted octanol–water partition coefficient (Wildman–Crippen LogP) is 3.31. The summed E-state index contributed by atoms with van der Waals surface area (Å²) < 4.78 is 28.8. The average molecular weight is 572 g/mol.